The fourth-order valence-corrected chi connectivity index (χ4v) is 0.815. The van der Waals surface area contributed by atoms with E-state index in [9.17, 15) is 4.39 Å². The predicted octanol–water partition coefficient (Wildman–Crippen LogP) is 1.90. The second-order valence-corrected chi connectivity index (χ2v) is 2.19. The van der Waals surface area contributed by atoms with Crippen LogP contribution in [0.3, 0.4) is 0 Å². The summed E-state index contributed by atoms with van der Waals surface area (Å²) in [5.74, 6) is -0.374. The van der Waals surface area contributed by atoms with Crippen LogP contribution < -0.4 is 5.73 Å². The first-order chi connectivity index (χ1) is 5.24. The van der Waals surface area contributed by atoms with Crippen molar-refractivity contribution in [2.24, 2.45) is 0 Å². The molecule has 0 heterocycles. The molecule has 0 fully saturated rings. The number of nitrogens with two attached hydrogens (primary N) is 1. The lowest BCUT2D eigenvalue weighted by Gasteiger charge is -1.97. The number of nitriles is 1. The summed E-state index contributed by atoms with van der Waals surface area (Å²) in [6.45, 7) is 0. The maximum atomic E-state index is 12.7. The van der Waals surface area contributed by atoms with Crippen molar-refractivity contribution >= 4 is 18.1 Å². The smallest absolute Gasteiger partial charge is 0.127 e. The first-order valence-corrected chi connectivity index (χ1v) is 3.15. The van der Waals surface area contributed by atoms with Gasteiger partial charge in [-0.3, -0.25) is 0 Å². The van der Waals surface area contributed by atoms with E-state index in [-0.39, 0.29) is 24.6 Å². The molecule has 0 atom stereocenters. The molecule has 0 aliphatic heterocycles. The molecule has 0 spiro atoms. The van der Waals surface area contributed by atoms with Gasteiger partial charge in [0.15, 0.2) is 0 Å². The SMILES string of the molecule is Cl.N#CCc1cc(N)ccc1F. The number of benzene rings is 1. The maximum Gasteiger partial charge on any atom is 0.127 e. The Labute approximate surface area is 76.2 Å². The zero-order chi connectivity index (χ0) is 8.27. The Kier molecular flexibility index (Phi) is 4.09. The normalized spacial score (nSPS) is 8.33. The van der Waals surface area contributed by atoms with Crippen molar-refractivity contribution in [3.63, 3.8) is 0 Å². The van der Waals surface area contributed by atoms with E-state index < -0.39 is 0 Å². The minimum Gasteiger partial charge on any atom is -0.399 e. The topological polar surface area (TPSA) is 49.8 Å². The summed E-state index contributed by atoms with van der Waals surface area (Å²) in [6, 6.07) is 6.06. The summed E-state index contributed by atoms with van der Waals surface area (Å²) in [6.07, 6.45) is 0.0663. The van der Waals surface area contributed by atoms with Crippen LogP contribution in [0.2, 0.25) is 0 Å². The fraction of sp³-hybridized carbons (Fsp3) is 0.125. The molecule has 2 N–H and O–H groups in total. The number of halogens is 2. The molecular weight excluding hydrogens is 179 g/mol. The monoisotopic (exact) mass is 186 g/mol. The Morgan fingerprint density at radius 1 is 1.50 bits per heavy atom. The highest BCUT2D eigenvalue weighted by molar-refractivity contribution is 5.85. The minimum absolute atomic E-state index is 0. The molecule has 12 heavy (non-hydrogen) atoms. The standard InChI is InChI=1S/C8H7FN2.ClH/c9-8-2-1-7(11)5-6(8)3-4-10;/h1-2,5H,3,11H2;1H. The van der Waals surface area contributed by atoms with Crippen LogP contribution in [0.25, 0.3) is 0 Å². The van der Waals surface area contributed by atoms with Crippen molar-refractivity contribution < 1.29 is 4.39 Å². The molecule has 1 rings (SSSR count). The van der Waals surface area contributed by atoms with Crippen molar-refractivity contribution in [2.75, 3.05) is 5.73 Å². The van der Waals surface area contributed by atoms with Crippen LogP contribution in [0.5, 0.6) is 0 Å². The van der Waals surface area contributed by atoms with Crippen molar-refractivity contribution in [3.8, 4) is 6.07 Å². The Morgan fingerprint density at radius 3 is 2.75 bits per heavy atom. The molecule has 0 saturated heterocycles. The molecule has 0 aliphatic carbocycles. The molecule has 4 heteroatoms. The molecule has 2 nitrogen and oxygen atoms in total. The third-order valence-electron chi connectivity index (χ3n) is 1.34. The molecule has 0 bridgehead atoms. The summed E-state index contributed by atoms with van der Waals surface area (Å²) in [7, 11) is 0. The van der Waals surface area contributed by atoms with Crippen molar-refractivity contribution in [1.29, 1.82) is 5.26 Å². The minimum atomic E-state index is -0.374. The molecule has 0 saturated carbocycles. The second-order valence-electron chi connectivity index (χ2n) is 2.19. The maximum absolute atomic E-state index is 12.7. The van der Waals surface area contributed by atoms with Gasteiger partial charge in [0.05, 0.1) is 12.5 Å². The quantitative estimate of drug-likeness (QED) is 0.681. The molecule has 1 aromatic rings. The number of anilines is 1. The molecule has 64 valence electrons. The van der Waals surface area contributed by atoms with Crippen LogP contribution in [0.1, 0.15) is 5.56 Å². The van der Waals surface area contributed by atoms with E-state index in [1.807, 2.05) is 6.07 Å². The van der Waals surface area contributed by atoms with E-state index in [0.29, 0.717) is 11.3 Å². The van der Waals surface area contributed by atoms with Gasteiger partial charge in [0.2, 0.25) is 0 Å². The van der Waals surface area contributed by atoms with E-state index in [4.69, 9.17) is 11.0 Å². The van der Waals surface area contributed by atoms with Crippen LogP contribution in [0.4, 0.5) is 10.1 Å². The largest absolute Gasteiger partial charge is 0.399 e. The Hall–Kier alpha value is -1.27. The van der Waals surface area contributed by atoms with Crippen LogP contribution in [-0.4, -0.2) is 0 Å². The average molecular weight is 187 g/mol. The molecule has 0 unspecified atom stereocenters. The molecule has 0 aromatic heterocycles. The average Bonchev–Trinajstić information content (AvgIpc) is 1.98. The molecule has 0 aliphatic rings. The van der Waals surface area contributed by atoms with Crippen molar-refractivity contribution in [2.45, 2.75) is 6.42 Å². The van der Waals surface area contributed by atoms with Crippen LogP contribution >= 0.6 is 12.4 Å². The Morgan fingerprint density at radius 2 is 2.17 bits per heavy atom. The molecule has 0 radical (unpaired) electrons. The summed E-state index contributed by atoms with van der Waals surface area (Å²) in [5, 5.41) is 8.28. The van der Waals surface area contributed by atoms with Gasteiger partial charge in [-0.2, -0.15) is 5.26 Å². The van der Waals surface area contributed by atoms with Gasteiger partial charge in [-0.25, -0.2) is 4.39 Å². The van der Waals surface area contributed by atoms with Gasteiger partial charge in [-0.05, 0) is 18.2 Å². The predicted molar refractivity (Wildman–Crippen MR) is 47.4 cm³/mol. The van der Waals surface area contributed by atoms with E-state index in [1.54, 1.807) is 0 Å². The summed E-state index contributed by atoms with van der Waals surface area (Å²) < 4.78 is 12.7. The van der Waals surface area contributed by atoms with Crippen LogP contribution in [-0.2, 0) is 6.42 Å². The molecule has 0 amide bonds. The number of rotatable bonds is 1. The van der Waals surface area contributed by atoms with E-state index in [2.05, 4.69) is 0 Å². The van der Waals surface area contributed by atoms with Gasteiger partial charge in [-0.1, -0.05) is 0 Å². The molecule has 1 aromatic carbocycles. The van der Waals surface area contributed by atoms with Gasteiger partial charge in [-0.15, -0.1) is 12.4 Å². The van der Waals surface area contributed by atoms with Gasteiger partial charge < -0.3 is 5.73 Å². The Bertz CT molecular complexity index is 306. The fourth-order valence-electron chi connectivity index (χ4n) is 0.815. The second kappa shape index (κ2) is 4.58. The highest BCUT2D eigenvalue weighted by Crippen LogP contribution is 2.11. The first kappa shape index (κ1) is 10.7. The van der Waals surface area contributed by atoms with E-state index in [0.717, 1.165) is 0 Å². The third kappa shape index (κ3) is 2.40. The van der Waals surface area contributed by atoms with Crippen molar-refractivity contribution in [3.05, 3.63) is 29.6 Å². The van der Waals surface area contributed by atoms with Gasteiger partial charge in [0, 0.05) is 11.3 Å². The first-order valence-electron chi connectivity index (χ1n) is 3.15. The van der Waals surface area contributed by atoms with Gasteiger partial charge >= 0.3 is 0 Å². The number of hydrogen-bond acceptors (Lipinski definition) is 2. The van der Waals surface area contributed by atoms with Crippen molar-refractivity contribution in [1.82, 2.24) is 0 Å². The highest BCUT2D eigenvalue weighted by atomic mass is 35.5. The van der Waals surface area contributed by atoms with E-state index >= 15 is 0 Å². The zero-order valence-electron chi connectivity index (χ0n) is 6.25. The lowest BCUT2D eigenvalue weighted by Crippen LogP contribution is -1.91. The summed E-state index contributed by atoms with van der Waals surface area (Å²) in [5.41, 5.74) is 6.22. The zero-order valence-corrected chi connectivity index (χ0v) is 7.07. The number of nitrogen functional groups attached to an aromatic ring is 1. The van der Waals surface area contributed by atoms with Gasteiger partial charge in [0.25, 0.3) is 0 Å². The van der Waals surface area contributed by atoms with Crippen LogP contribution in [0, 0.1) is 17.1 Å². The number of hydrogen-bond donors (Lipinski definition) is 1. The summed E-state index contributed by atoms with van der Waals surface area (Å²) in [4.78, 5) is 0. The van der Waals surface area contributed by atoms with E-state index in [1.165, 1.54) is 18.2 Å². The lowest BCUT2D eigenvalue weighted by atomic mass is 10.1. The highest BCUT2D eigenvalue weighted by Gasteiger charge is 2.00. The van der Waals surface area contributed by atoms with Crippen LogP contribution in [0.15, 0.2) is 18.2 Å². The number of nitrogens with zero attached hydrogens (tertiary/aromatic N) is 1. The van der Waals surface area contributed by atoms with Gasteiger partial charge in [0.1, 0.15) is 5.82 Å². The summed E-state index contributed by atoms with van der Waals surface area (Å²) >= 11 is 0. The lowest BCUT2D eigenvalue weighted by molar-refractivity contribution is 0.615. The molecular formula is C8H8ClFN2. The Balaban J connectivity index is 0.00000121. The third-order valence-corrected chi connectivity index (χ3v) is 1.34.